The van der Waals surface area contributed by atoms with Gasteiger partial charge in [-0.2, -0.15) is 0 Å². The first-order valence-corrected chi connectivity index (χ1v) is 11.5. The number of carbonyl (C=O) groups excluding carboxylic acids is 3. The summed E-state index contributed by atoms with van der Waals surface area (Å²) in [6, 6.07) is -1.01. The lowest BCUT2D eigenvalue weighted by atomic mass is 9.53. The minimum atomic E-state index is -1.82. The second-order valence-corrected chi connectivity index (χ2v) is 10.6. The maximum Gasteiger partial charge on any atom is 0.245 e. The van der Waals surface area contributed by atoms with Gasteiger partial charge in [0.1, 0.15) is 6.04 Å². The standard InChI is InChI=1S/C25H35NO5/c1-13-6-8-17-16(10-13)11-14(2)20-18(9-7-15(3)28)25(22(30)24(17,20)4)21(29)19(12-27)26(5)23(25)31/h7,9,11,13,15-20,27-28H,6,8,10,12H2,1-5H3/t13-,15+,16+,17-,18+,19+,20+,24+,25-/m0/s1. The molecule has 0 radical (unpaired) electrons. The van der Waals surface area contributed by atoms with Crippen LogP contribution in [0.2, 0.25) is 0 Å². The largest absolute Gasteiger partial charge is 0.394 e. The zero-order chi connectivity index (χ0) is 22.9. The average Bonchev–Trinajstić information content (AvgIpc) is 3.02. The number of hydrogen-bond donors (Lipinski definition) is 2. The maximum atomic E-state index is 14.4. The fourth-order valence-electron chi connectivity index (χ4n) is 7.51. The van der Waals surface area contributed by atoms with Crippen LogP contribution in [0.5, 0.6) is 0 Å². The molecule has 1 aliphatic heterocycles. The molecule has 0 bridgehead atoms. The molecule has 6 nitrogen and oxygen atoms in total. The van der Waals surface area contributed by atoms with Gasteiger partial charge in [-0.1, -0.05) is 44.1 Å². The lowest BCUT2D eigenvalue weighted by Crippen LogP contribution is -2.50. The highest BCUT2D eigenvalue weighted by atomic mass is 16.3. The minimum Gasteiger partial charge on any atom is -0.394 e. The van der Waals surface area contributed by atoms with Crippen molar-refractivity contribution < 1.29 is 24.6 Å². The smallest absolute Gasteiger partial charge is 0.245 e. The lowest BCUT2D eigenvalue weighted by Gasteiger charge is -2.49. The van der Waals surface area contributed by atoms with Gasteiger partial charge in [0.05, 0.1) is 12.7 Å². The van der Waals surface area contributed by atoms with E-state index >= 15 is 0 Å². The zero-order valence-corrected chi connectivity index (χ0v) is 19.2. The van der Waals surface area contributed by atoms with E-state index in [1.54, 1.807) is 19.1 Å². The third-order valence-corrected chi connectivity index (χ3v) is 8.84. The van der Waals surface area contributed by atoms with Crippen molar-refractivity contribution in [2.24, 2.45) is 40.4 Å². The van der Waals surface area contributed by atoms with Gasteiger partial charge in [0, 0.05) is 24.3 Å². The maximum absolute atomic E-state index is 14.4. The van der Waals surface area contributed by atoms with Crippen LogP contribution in [0.3, 0.4) is 0 Å². The van der Waals surface area contributed by atoms with Crippen LogP contribution < -0.4 is 0 Å². The quantitative estimate of drug-likeness (QED) is 0.530. The van der Waals surface area contributed by atoms with Crippen molar-refractivity contribution in [2.45, 2.75) is 59.1 Å². The minimum absolute atomic E-state index is 0.0887. The second kappa shape index (κ2) is 7.38. The highest BCUT2D eigenvalue weighted by Crippen LogP contribution is 2.67. The van der Waals surface area contributed by atoms with E-state index in [0.29, 0.717) is 5.92 Å². The van der Waals surface area contributed by atoms with Crippen LogP contribution in [0.15, 0.2) is 23.8 Å². The summed E-state index contributed by atoms with van der Waals surface area (Å²) in [7, 11) is 1.50. The third kappa shape index (κ3) is 2.73. The average molecular weight is 430 g/mol. The topological polar surface area (TPSA) is 94.9 Å². The highest BCUT2D eigenvalue weighted by molar-refractivity contribution is 6.31. The number of rotatable bonds is 3. The molecule has 31 heavy (non-hydrogen) atoms. The molecule has 2 N–H and O–H groups in total. The summed E-state index contributed by atoms with van der Waals surface area (Å²) in [6.45, 7) is 7.34. The van der Waals surface area contributed by atoms with E-state index in [2.05, 4.69) is 13.0 Å². The lowest BCUT2D eigenvalue weighted by molar-refractivity contribution is -0.151. The fraction of sp³-hybridized carbons (Fsp3) is 0.720. The van der Waals surface area contributed by atoms with Gasteiger partial charge >= 0.3 is 0 Å². The van der Waals surface area contributed by atoms with E-state index < -0.39 is 47.2 Å². The number of aliphatic hydroxyl groups is 2. The summed E-state index contributed by atoms with van der Waals surface area (Å²) in [5.74, 6) is -1.27. The first-order valence-electron chi connectivity index (χ1n) is 11.5. The number of aliphatic hydroxyl groups excluding tert-OH is 2. The summed E-state index contributed by atoms with van der Waals surface area (Å²) >= 11 is 0. The van der Waals surface area contributed by atoms with Gasteiger partial charge in [-0.15, -0.1) is 0 Å². The number of likely N-dealkylation sites (N-methyl/N-ethyl adjacent to an activating group) is 1. The van der Waals surface area contributed by atoms with Crippen LogP contribution in [0.4, 0.5) is 0 Å². The van der Waals surface area contributed by atoms with E-state index in [-0.39, 0.29) is 23.5 Å². The van der Waals surface area contributed by atoms with Gasteiger partial charge in [0.15, 0.2) is 17.0 Å². The van der Waals surface area contributed by atoms with Gasteiger partial charge in [-0.05, 0) is 44.4 Å². The summed E-state index contributed by atoms with van der Waals surface area (Å²) in [4.78, 5) is 43.0. The first kappa shape index (κ1) is 22.4. The molecule has 6 heteroatoms. The number of likely N-dealkylation sites (tertiary alicyclic amines) is 1. The molecule has 9 atom stereocenters. The zero-order valence-electron chi connectivity index (χ0n) is 19.2. The van der Waals surface area contributed by atoms with E-state index in [4.69, 9.17) is 0 Å². The van der Waals surface area contributed by atoms with Gasteiger partial charge in [0.2, 0.25) is 5.91 Å². The van der Waals surface area contributed by atoms with Crippen molar-refractivity contribution in [2.75, 3.05) is 13.7 Å². The van der Waals surface area contributed by atoms with Crippen LogP contribution in [0, 0.1) is 40.4 Å². The number of allylic oxidation sites excluding steroid dienone is 3. The Labute approximate surface area is 184 Å². The molecular weight excluding hydrogens is 394 g/mol. The van der Waals surface area contributed by atoms with E-state index in [1.807, 2.05) is 13.8 Å². The van der Waals surface area contributed by atoms with Gasteiger partial charge in [-0.3, -0.25) is 14.4 Å². The van der Waals surface area contributed by atoms with Crippen LogP contribution in [-0.2, 0) is 14.4 Å². The van der Waals surface area contributed by atoms with Crippen LogP contribution in [0.1, 0.15) is 47.0 Å². The number of nitrogens with zero attached hydrogens (tertiary/aromatic N) is 1. The summed E-state index contributed by atoms with van der Waals surface area (Å²) in [6.07, 6.45) is 7.78. The summed E-state index contributed by atoms with van der Waals surface area (Å²) in [5, 5.41) is 19.8. The SMILES string of the molecule is CC1=C[C@H]2C[C@@H](C)CC[C@@H]2[C@@]2(C)C(=O)[C@@]3(C(=O)[C@@H](CO)N(C)C3=O)[C@H](C=C[C@@H](C)O)[C@@H]12. The van der Waals surface area contributed by atoms with Gasteiger partial charge in [0.25, 0.3) is 0 Å². The number of fused-ring (bicyclic) bond motifs is 3. The molecule has 1 saturated heterocycles. The molecule has 170 valence electrons. The molecule has 0 aromatic carbocycles. The Morgan fingerprint density at radius 3 is 2.55 bits per heavy atom. The summed E-state index contributed by atoms with van der Waals surface area (Å²) in [5.41, 5.74) is -1.59. The number of hydrogen-bond acceptors (Lipinski definition) is 5. The van der Waals surface area contributed by atoms with E-state index in [9.17, 15) is 24.6 Å². The fourth-order valence-corrected chi connectivity index (χ4v) is 7.51. The number of ketones is 2. The molecule has 1 spiro atoms. The molecule has 2 saturated carbocycles. The molecule has 3 aliphatic carbocycles. The Bertz CT molecular complexity index is 875. The first-order chi connectivity index (χ1) is 14.5. The van der Waals surface area contributed by atoms with E-state index in [0.717, 1.165) is 24.8 Å². The summed E-state index contributed by atoms with van der Waals surface area (Å²) < 4.78 is 0. The molecule has 4 rings (SSSR count). The van der Waals surface area contributed by atoms with Crippen molar-refractivity contribution in [1.29, 1.82) is 0 Å². The Kier molecular flexibility index (Phi) is 5.33. The third-order valence-electron chi connectivity index (χ3n) is 8.84. The van der Waals surface area contributed by atoms with Crippen molar-refractivity contribution in [1.82, 2.24) is 4.90 Å². The van der Waals surface area contributed by atoms with Crippen molar-refractivity contribution in [3.05, 3.63) is 23.8 Å². The Hall–Kier alpha value is -1.79. The molecule has 0 aromatic rings. The predicted molar refractivity (Wildman–Crippen MR) is 116 cm³/mol. The molecule has 0 unspecified atom stereocenters. The number of amides is 1. The normalized spacial score (nSPS) is 46.0. The number of Topliss-reactive ketones (excluding diaryl/α,β-unsaturated/α-hetero) is 2. The monoisotopic (exact) mass is 429 g/mol. The molecule has 1 amide bonds. The van der Waals surface area contributed by atoms with Crippen LogP contribution in [-0.4, -0.2) is 58.4 Å². The Balaban J connectivity index is 1.95. The number of carbonyl (C=O) groups is 3. The highest BCUT2D eigenvalue weighted by Gasteiger charge is 2.78. The molecule has 3 fully saturated rings. The van der Waals surface area contributed by atoms with Gasteiger partial charge in [-0.25, -0.2) is 0 Å². The van der Waals surface area contributed by atoms with Crippen LogP contribution >= 0.6 is 0 Å². The van der Waals surface area contributed by atoms with Crippen molar-refractivity contribution in [3.63, 3.8) is 0 Å². The Morgan fingerprint density at radius 1 is 1.29 bits per heavy atom. The van der Waals surface area contributed by atoms with Crippen molar-refractivity contribution in [3.8, 4) is 0 Å². The predicted octanol–water partition coefficient (Wildman–Crippen LogP) is 2.15. The molecule has 1 heterocycles. The van der Waals surface area contributed by atoms with E-state index in [1.165, 1.54) is 11.9 Å². The molecule has 4 aliphatic rings. The van der Waals surface area contributed by atoms with Crippen molar-refractivity contribution >= 4 is 17.5 Å². The molecular formula is C25H35NO5. The second-order valence-electron chi connectivity index (χ2n) is 10.6. The molecule has 0 aromatic heterocycles. The Morgan fingerprint density at radius 2 is 1.97 bits per heavy atom. The van der Waals surface area contributed by atoms with Gasteiger partial charge < -0.3 is 15.1 Å². The van der Waals surface area contributed by atoms with Crippen LogP contribution in [0.25, 0.3) is 0 Å².